The van der Waals surface area contributed by atoms with Crippen molar-refractivity contribution in [3.05, 3.63) is 53.6 Å². The van der Waals surface area contributed by atoms with Crippen LogP contribution in [-0.4, -0.2) is 95.4 Å². The van der Waals surface area contributed by atoms with Crippen LogP contribution in [0.15, 0.2) is 36.4 Å². The van der Waals surface area contributed by atoms with Crippen LogP contribution in [0.3, 0.4) is 0 Å². The van der Waals surface area contributed by atoms with Crippen molar-refractivity contribution < 1.29 is 18.6 Å². The summed E-state index contributed by atoms with van der Waals surface area (Å²) in [6.07, 6.45) is 12.7. The smallest absolute Gasteiger partial charge is 0.319 e. The van der Waals surface area contributed by atoms with Crippen LogP contribution in [0.25, 0.3) is 32.8 Å². The molecule has 5 aliphatic rings. The molecule has 248 valence electrons. The van der Waals surface area contributed by atoms with E-state index in [1.807, 2.05) is 6.07 Å². The van der Waals surface area contributed by atoms with Crippen LogP contribution in [0.1, 0.15) is 44.1 Å². The lowest BCUT2D eigenvalue weighted by Gasteiger charge is -2.40. The van der Waals surface area contributed by atoms with Gasteiger partial charge in [0.15, 0.2) is 5.82 Å². The lowest BCUT2D eigenvalue weighted by atomic mass is 9.93. The van der Waals surface area contributed by atoms with E-state index in [0.717, 1.165) is 58.4 Å². The first-order valence-corrected chi connectivity index (χ1v) is 17.3. The number of nitrogens with one attached hydrogen (secondary N) is 1. The van der Waals surface area contributed by atoms with Crippen molar-refractivity contribution in [1.29, 1.82) is 0 Å². The molecule has 48 heavy (non-hydrogen) atoms. The normalized spacial score (nSPS) is 26.3. The van der Waals surface area contributed by atoms with Crippen molar-refractivity contribution in [3.63, 3.8) is 0 Å². The Morgan fingerprint density at radius 3 is 2.44 bits per heavy atom. The molecule has 5 fully saturated rings. The van der Waals surface area contributed by atoms with Crippen molar-refractivity contribution in [2.75, 3.05) is 51.3 Å². The number of anilines is 1. The van der Waals surface area contributed by atoms with E-state index in [1.165, 1.54) is 31.0 Å². The third-order valence-electron chi connectivity index (χ3n) is 11.7. The molecular formula is C38H40F2N6O2. The average Bonchev–Trinajstić information content (AvgIpc) is 3.72. The fraction of sp³-hybridized carbons (Fsp3) is 0.474. The number of ether oxygens (including phenoxy) is 1. The van der Waals surface area contributed by atoms with Gasteiger partial charge in [0.2, 0.25) is 0 Å². The Morgan fingerprint density at radius 1 is 0.979 bits per heavy atom. The van der Waals surface area contributed by atoms with Gasteiger partial charge in [-0.05, 0) is 80.8 Å². The Kier molecular flexibility index (Phi) is 7.05. The largest absolute Gasteiger partial charge is 0.508 e. The third kappa shape index (κ3) is 5.06. The lowest BCUT2D eigenvalue weighted by Crippen LogP contribution is -2.53. The molecule has 0 spiro atoms. The first-order valence-electron chi connectivity index (χ1n) is 17.3. The number of phenols is 1. The number of likely N-dealkylation sites (N-methyl/N-ethyl adjacent to an activating group) is 1. The number of aromatic hydroxyl groups is 1. The van der Waals surface area contributed by atoms with Gasteiger partial charge in [0.25, 0.3) is 0 Å². The Hall–Kier alpha value is -4.04. The molecule has 1 aromatic heterocycles. The second kappa shape index (κ2) is 11.3. The summed E-state index contributed by atoms with van der Waals surface area (Å²) in [7, 11) is 2.26. The molecule has 2 N–H and O–H groups in total. The van der Waals surface area contributed by atoms with Crippen molar-refractivity contribution >= 4 is 27.5 Å². The number of terminal acetylenes is 1. The molecular weight excluding hydrogens is 610 g/mol. The number of nitrogens with zero attached hydrogens (tertiary/aromatic N) is 5. The summed E-state index contributed by atoms with van der Waals surface area (Å²) in [6.45, 7) is 5.20. The molecule has 4 atom stereocenters. The molecule has 1 aliphatic carbocycles. The van der Waals surface area contributed by atoms with Gasteiger partial charge >= 0.3 is 6.01 Å². The third-order valence-corrected chi connectivity index (χ3v) is 11.7. The Bertz CT molecular complexity index is 1970. The first kappa shape index (κ1) is 30.1. The fourth-order valence-corrected chi connectivity index (χ4v) is 8.93. The molecule has 0 radical (unpaired) electrons. The zero-order chi connectivity index (χ0) is 32.7. The summed E-state index contributed by atoms with van der Waals surface area (Å²) in [6, 6.07) is 11.4. The molecule has 4 unspecified atom stereocenters. The van der Waals surface area contributed by atoms with Crippen LogP contribution < -0.4 is 15.0 Å². The van der Waals surface area contributed by atoms with E-state index in [4.69, 9.17) is 21.1 Å². The van der Waals surface area contributed by atoms with E-state index in [2.05, 4.69) is 33.0 Å². The fourth-order valence-electron chi connectivity index (χ4n) is 8.93. The number of piperazine rings is 2. The molecule has 4 bridgehead atoms. The van der Waals surface area contributed by atoms with Crippen LogP contribution in [-0.2, 0) is 0 Å². The molecule has 10 heteroatoms. The van der Waals surface area contributed by atoms with Crippen molar-refractivity contribution in [2.24, 2.45) is 5.41 Å². The number of aromatic nitrogens is 2. The van der Waals surface area contributed by atoms with Crippen LogP contribution in [0.4, 0.5) is 14.6 Å². The number of hydrogen-bond acceptors (Lipinski definition) is 8. The molecule has 4 saturated heterocycles. The number of benzene rings is 3. The molecule has 8 nitrogen and oxygen atoms in total. The SMILES string of the molecule is C#Cc1c(F)ccc2cc(O)cc(-c3ccc4c(N5CC6CCC(C5)N6)nc(OCC5(CN6CC7CCC(C6)N7C)CC5)nc4c3F)c12. The highest BCUT2D eigenvalue weighted by molar-refractivity contribution is 6.04. The summed E-state index contributed by atoms with van der Waals surface area (Å²) >= 11 is 0. The Labute approximate surface area is 279 Å². The van der Waals surface area contributed by atoms with Crippen LogP contribution in [0, 0.1) is 29.4 Å². The summed E-state index contributed by atoms with van der Waals surface area (Å²) in [4.78, 5) is 17.1. The molecule has 9 rings (SSSR count). The zero-order valence-electron chi connectivity index (χ0n) is 27.2. The monoisotopic (exact) mass is 650 g/mol. The van der Waals surface area contributed by atoms with Gasteiger partial charge in [0.05, 0.1) is 12.2 Å². The predicted molar refractivity (Wildman–Crippen MR) is 182 cm³/mol. The average molecular weight is 651 g/mol. The highest BCUT2D eigenvalue weighted by Crippen LogP contribution is 2.48. The Morgan fingerprint density at radius 2 is 1.73 bits per heavy atom. The molecule has 4 aromatic rings. The van der Waals surface area contributed by atoms with E-state index < -0.39 is 11.6 Å². The van der Waals surface area contributed by atoms with Crippen LogP contribution in [0.5, 0.6) is 11.8 Å². The second-order valence-electron chi connectivity index (χ2n) is 14.9. The maximum Gasteiger partial charge on any atom is 0.319 e. The van der Waals surface area contributed by atoms with E-state index in [1.54, 1.807) is 12.1 Å². The van der Waals surface area contributed by atoms with Gasteiger partial charge in [-0.3, -0.25) is 9.80 Å². The predicted octanol–water partition coefficient (Wildman–Crippen LogP) is 5.29. The number of fused-ring (bicyclic) bond motifs is 6. The number of rotatable bonds is 7. The topological polar surface area (TPSA) is 77.0 Å². The summed E-state index contributed by atoms with van der Waals surface area (Å²) in [5.74, 6) is 1.86. The maximum atomic E-state index is 16.9. The van der Waals surface area contributed by atoms with Gasteiger partial charge < -0.3 is 20.1 Å². The van der Waals surface area contributed by atoms with Gasteiger partial charge in [-0.1, -0.05) is 18.1 Å². The number of halogens is 2. The van der Waals surface area contributed by atoms with Gasteiger partial charge in [-0.25, -0.2) is 8.78 Å². The standard InChI is InChI=1S/C38H40F2N6O2/c1-3-28-32(39)11-4-22-14-27(47)15-31(33(22)28)29-9-10-30-35(34(29)40)42-37(43-36(30)46-16-23-5-6-24(17-46)41-23)48-21-38(12-13-38)20-45-18-25-7-8-26(19-45)44(25)2/h1,4,9-11,14-15,23-26,41,47H,5-8,12-13,16-21H2,2H3. The lowest BCUT2D eigenvalue weighted by molar-refractivity contribution is 0.0628. The molecule has 3 aromatic carbocycles. The van der Waals surface area contributed by atoms with E-state index >= 15 is 4.39 Å². The quantitative estimate of drug-likeness (QED) is 0.262. The minimum absolute atomic E-state index is 0.0220. The number of hydrogen-bond donors (Lipinski definition) is 2. The second-order valence-corrected chi connectivity index (χ2v) is 14.9. The minimum Gasteiger partial charge on any atom is -0.508 e. The van der Waals surface area contributed by atoms with Crippen LogP contribution >= 0.6 is 0 Å². The maximum absolute atomic E-state index is 16.9. The van der Waals surface area contributed by atoms with Crippen LogP contribution in [0.2, 0.25) is 0 Å². The minimum atomic E-state index is -0.590. The molecule has 1 saturated carbocycles. The van der Waals surface area contributed by atoms with E-state index in [9.17, 15) is 9.50 Å². The number of likely N-dealkylation sites (tertiary alicyclic amines) is 1. The van der Waals surface area contributed by atoms with E-state index in [0.29, 0.717) is 58.3 Å². The zero-order valence-corrected chi connectivity index (χ0v) is 27.2. The molecule has 5 heterocycles. The highest BCUT2D eigenvalue weighted by Gasteiger charge is 2.48. The summed E-state index contributed by atoms with van der Waals surface area (Å²) in [5.41, 5.74) is 0.684. The van der Waals surface area contributed by atoms with Gasteiger partial charge in [0, 0.05) is 78.6 Å². The molecule has 0 amide bonds. The van der Waals surface area contributed by atoms with Crippen molar-refractivity contribution in [1.82, 2.24) is 25.1 Å². The van der Waals surface area contributed by atoms with Gasteiger partial charge in [-0.2, -0.15) is 9.97 Å². The van der Waals surface area contributed by atoms with Gasteiger partial charge in [-0.15, -0.1) is 6.42 Å². The first-order chi connectivity index (χ1) is 23.3. The van der Waals surface area contributed by atoms with Gasteiger partial charge in [0.1, 0.15) is 22.9 Å². The van der Waals surface area contributed by atoms with Crippen molar-refractivity contribution in [2.45, 2.75) is 62.7 Å². The Balaban J connectivity index is 1.10. The summed E-state index contributed by atoms with van der Waals surface area (Å²) in [5, 5.41) is 15.8. The van der Waals surface area contributed by atoms with E-state index in [-0.39, 0.29) is 33.8 Å². The molecule has 4 aliphatic heterocycles. The number of phenolic OH excluding ortho intramolecular Hbond substituents is 1. The van der Waals surface area contributed by atoms with Crippen molar-refractivity contribution in [3.8, 4) is 35.2 Å². The summed E-state index contributed by atoms with van der Waals surface area (Å²) < 4.78 is 38.3. The highest BCUT2D eigenvalue weighted by atomic mass is 19.1.